The molecule has 2 atom stereocenters. The lowest BCUT2D eigenvalue weighted by Crippen LogP contribution is -2.45. The molecule has 8 heteroatoms. The van der Waals surface area contributed by atoms with Crippen LogP contribution in [0, 0.1) is 10.7 Å². The Morgan fingerprint density at radius 3 is 2.60 bits per heavy atom. The standard InChI is InChI=1S/C12H16Cl3N3OS/c13-10(3-4-10)11(19,2-1-8-5-12(8,14)15)6-18-7-16-9(20)17-18/h7-8,19H,1-6H2,(H,17,20). The van der Waals surface area contributed by atoms with E-state index in [1.807, 2.05) is 0 Å². The van der Waals surface area contributed by atoms with Crippen molar-refractivity contribution in [2.24, 2.45) is 5.92 Å². The lowest BCUT2D eigenvalue weighted by molar-refractivity contribution is -0.00377. The molecule has 1 aromatic heterocycles. The summed E-state index contributed by atoms with van der Waals surface area (Å²) in [6, 6.07) is 0. The molecule has 0 radical (unpaired) electrons. The van der Waals surface area contributed by atoms with E-state index in [1.54, 1.807) is 11.0 Å². The van der Waals surface area contributed by atoms with Crippen LogP contribution in [0.4, 0.5) is 0 Å². The van der Waals surface area contributed by atoms with E-state index >= 15 is 0 Å². The maximum Gasteiger partial charge on any atom is 0.213 e. The van der Waals surface area contributed by atoms with Gasteiger partial charge in [-0.3, -0.25) is 9.78 Å². The molecule has 2 unspecified atom stereocenters. The number of alkyl halides is 3. The average molecular weight is 357 g/mol. The Bertz CT molecular complexity index is 568. The van der Waals surface area contributed by atoms with Gasteiger partial charge in [0.25, 0.3) is 0 Å². The molecule has 1 heterocycles. The summed E-state index contributed by atoms with van der Waals surface area (Å²) < 4.78 is 1.47. The van der Waals surface area contributed by atoms with Crippen molar-refractivity contribution in [1.82, 2.24) is 14.8 Å². The van der Waals surface area contributed by atoms with Crippen LogP contribution in [0.3, 0.4) is 0 Å². The summed E-state index contributed by atoms with van der Waals surface area (Å²) in [4.78, 5) is 3.41. The molecule has 112 valence electrons. The quantitative estimate of drug-likeness (QED) is 0.606. The SMILES string of the molecule is OC(CCC1CC1(Cl)Cl)(Cn1cnc(=S)[nH]1)C1(Cl)CC1. The van der Waals surface area contributed by atoms with Gasteiger partial charge in [0.1, 0.15) is 16.3 Å². The predicted octanol–water partition coefficient (Wildman–Crippen LogP) is 3.42. The Hall–Kier alpha value is 0.190. The highest BCUT2D eigenvalue weighted by atomic mass is 35.5. The Morgan fingerprint density at radius 1 is 1.50 bits per heavy atom. The zero-order valence-electron chi connectivity index (χ0n) is 10.8. The molecule has 2 fully saturated rings. The number of aromatic nitrogens is 3. The van der Waals surface area contributed by atoms with E-state index < -0.39 is 14.8 Å². The van der Waals surface area contributed by atoms with Gasteiger partial charge in [0.2, 0.25) is 4.77 Å². The van der Waals surface area contributed by atoms with Gasteiger partial charge in [-0.1, -0.05) is 0 Å². The van der Waals surface area contributed by atoms with Crippen molar-refractivity contribution in [1.29, 1.82) is 0 Å². The van der Waals surface area contributed by atoms with E-state index in [4.69, 9.17) is 47.0 Å². The summed E-state index contributed by atoms with van der Waals surface area (Å²) >= 11 is 23.5. The van der Waals surface area contributed by atoms with Gasteiger partial charge < -0.3 is 5.11 Å². The largest absolute Gasteiger partial charge is 0.386 e. The molecular formula is C12H16Cl3N3OS. The Kier molecular flexibility index (Phi) is 3.66. The number of nitrogens with zero attached hydrogens (tertiary/aromatic N) is 2. The summed E-state index contributed by atoms with van der Waals surface area (Å²) in [6.45, 7) is 0.352. The molecule has 0 saturated heterocycles. The van der Waals surface area contributed by atoms with Gasteiger partial charge in [-0.05, 0) is 50.2 Å². The smallest absolute Gasteiger partial charge is 0.213 e. The molecule has 3 rings (SSSR count). The molecule has 0 amide bonds. The molecule has 2 aliphatic carbocycles. The number of aromatic amines is 1. The van der Waals surface area contributed by atoms with Crippen molar-refractivity contribution >= 4 is 47.0 Å². The van der Waals surface area contributed by atoms with Gasteiger partial charge in [0, 0.05) is 0 Å². The number of H-pyrrole nitrogens is 1. The van der Waals surface area contributed by atoms with E-state index in [-0.39, 0.29) is 5.92 Å². The Morgan fingerprint density at radius 2 is 2.15 bits per heavy atom. The fraction of sp³-hybridized carbons (Fsp3) is 0.833. The molecular weight excluding hydrogens is 341 g/mol. The third kappa shape index (κ3) is 2.88. The maximum absolute atomic E-state index is 11.0. The fourth-order valence-corrected chi connectivity index (χ4v) is 3.68. The van der Waals surface area contributed by atoms with E-state index in [2.05, 4.69) is 10.1 Å². The topological polar surface area (TPSA) is 53.8 Å². The van der Waals surface area contributed by atoms with Crippen molar-refractivity contribution in [3.63, 3.8) is 0 Å². The predicted molar refractivity (Wildman–Crippen MR) is 82.0 cm³/mol. The first-order valence-electron chi connectivity index (χ1n) is 6.65. The van der Waals surface area contributed by atoms with Crippen LogP contribution in [-0.2, 0) is 6.54 Å². The minimum absolute atomic E-state index is 0.248. The van der Waals surface area contributed by atoms with Crippen molar-refractivity contribution in [2.45, 2.75) is 53.5 Å². The molecule has 1 aromatic rings. The van der Waals surface area contributed by atoms with E-state index in [0.717, 1.165) is 25.7 Å². The van der Waals surface area contributed by atoms with Crippen molar-refractivity contribution < 1.29 is 5.11 Å². The number of nitrogens with one attached hydrogen (secondary N) is 1. The van der Waals surface area contributed by atoms with Gasteiger partial charge >= 0.3 is 0 Å². The van der Waals surface area contributed by atoms with Gasteiger partial charge in [-0.15, -0.1) is 34.8 Å². The summed E-state index contributed by atoms with van der Waals surface area (Å²) in [5, 5.41) is 13.9. The molecule has 0 spiro atoms. The number of hydrogen-bond donors (Lipinski definition) is 2. The Labute approximate surface area is 137 Å². The zero-order chi connectivity index (χ0) is 14.6. The van der Waals surface area contributed by atoms with E-state index in [1.165, 1.54) is 0 Å². The lowest BCUT2D eigenvalue weighted by Gasteiger charge is -2.33. The second kappa shape index (κ2) is 4.85. The number of hydrogen-bond acceptors (Lipinski definition) is 3. The highest BCUT2D eigenvalue weighted by Gasteiger charge is 2.59. The van der Waals surface area contributed by atoms with Crippen molar-refractivity contribution in [2.75, 3.05) is 0 Å². The molecule has 0 bridgehead atoms. The van der Waals surface area contributed by atoms with Gasteiger partial charge in [-0.2, -0.15) is 0 Å². The first-order chi connectivity index (χ1) is 9.24. The highest BCUT2D eigenvalue weighted by molar-refractivity contribution is 7.71. The van der Waals surface area contributed by atoms with E-state index in [9.17, 15) is 5.11 Å². The van der Waals surface area contributed by atoms with Crippen LogP contribution >= 0.6 is 47.0 Å². The number of halogens is 3. The molecule has 2 aliphatic rings. The Balaban J connectivity index is 1.70. The second-order valence-electron chi connectivity index (χ2n) is 5.99. The average Bonchev–Trinajstić information content (AvgIpc) is 3.19. The third-order valence-corrected chi connectivity index (χ3v) is 6.22. The highest BCUT2D eigenvalue weighted by Crippen LogP contribution is 2.58. The van der Waals surface area contributed by atoms with Gasteiger partial charge in [0.05, 0.1) is 11.4 Å². The number of rotatable bonds is 6. The van der Waals surface area contributed by atoms with Crippen LogP contribution in [0.5, 0.6) is 0 Å². The van der Waals surface area contributed by atoms with Crippen LogP contribution in [-0.4, -0.2) is 34.7 Å². The first-order valence-corrected chi connectivity index (χ1v) is 8.19. The van der Waals surface area contributed by atoms with Crippen LogP contribution in [0.2, 0.25) is 0 Å². The normalized spacial score (nSPS) is 28.9. The summed E-state index contributed by atoms with van der Waals surface area (Å²) in [6.07, 6.45) is 5.35. The zero-order valence-corrected chi connectivity index (χ0v) is 13.9. The van der Waals surface area contributed by atoms with Gasteiger partial charge in [-0.25, -0.2) is 4.98 Å². The third-order valence-electron chi connectivity index (χ3n) is 4.37. The van der Waals surface area contributed by atoms with Crippen molar-refractivity contribution in [3.05, 3.63) is 11.1 Å². The molecule has 4 nitrogen and oxygen atoms in total. The minimum Gasteiger partial charge on any atom is -0.386 e. The van der Waals surface area contributed by atoms with Crippen molar-refractivity contribution in [3.8, 4) is 0 Å². The van der Waals surface area contributed by atoms with Crippen LogP contribution in [0.1, 0.15) is 32.1 Å². The minimum atomic E-state index is -1.00. The molecule has 0 aliphatic heterocycles. The second-order valence-corrected chi connectivity index (χ2v) is 8.64. The molecule has 0 aromatic carbocycles. The number of aliphatic hydroxyl groups is 1. The monoisotopic (exact) mass is 355 g/mol. The van der Waals surface area contributed by atoms with Crippen LogP contribution < -0.4 is 0 Å². The first kappa shape index (κ1) is 15.1. The molecule has 20 heavy (non-hydrogen) atoms. The summed E-state index contributed by atoms with van der Waals surface area (Å²) in [7, 11) is 0. The fourth-order valence-electron chi connectivity index (χ4n) is 2.68. The van der Waals surface area contributed by atoms with E-state index in [0.29, 0.717) is 17.7 Å². The summed E-state index contributed by atoms with van der Waals surface area (Å²) in [5.74, 6) is 0.248. The maximum atomic E-state index is 11.0. The summed E-state index contributed by atoms with van der Waals surface area (Å²) in [5.41, 5.74) is -1.00. The lowest BCUT2D eigenvalue weighted by atomic mass is 9.90. The molecule has 2 saturated carbocycles. The van der Waals surface area contributed by atoms with Crippen LogP contribution in [0.15, 0.2) is 6.33 Å². The van der Waals surface area contributed by atoms with Gasteiger partial charge in [0.15, 0.2) is 0 Å². The van der Waals surface area contributed by atoms with Crippen LogP contribution in [0.25, 0.3) is 0 Å². The molecule has 2 N–H and O–H groups in total.